The molecular formula is C13H21N5O2. The van der Waals surface area contributed by atoms with Gasteiger partial charge in [0.15, 0.2) is 0 Å². The summed E-state index contributed by atoms with van der Waals surface area (Å²) in [6.07, 6.45) is 1.48. The molecule has 0 saturated carbocycles. The van der Waals surface area contributed by atoms with Gasteiger partial charge < -0.3 is 15.5 Å². The Balaban J connectivity index is 2.01. The number of carbonyl (C=O) groups is 2. The second kappa shape index (κ2) is 5.52. The zero-order valence-electron chi connectivity index (χ0n) is 12.2. The van der Waals surface area contributed by atoms with E-state index in [1.807, 2.05) is 13.8 Å². The molecule has 20 heavy (non-hydrogen) atoms. The van der Waals surface area contributed by atoms with E-state index in [1.54, 1.807) is 16.8 Å². The zero-order chi connectivity index (χ0) is 14.9. The van der Waals surface area contributed by atoms with Gasteiger partial charge in [-0.05, 0) is 0 Å². The molecule has 7 nitrogen and oxygen atoms in total. The van der Waals surface area contributed by atoms with Gasteiger partial charge in [0.25, 0.3) is 5.91 Å². The van der Waals surface area contributed by atoms with Gasteiger partial charge in [-0.1, -0.05) is 13.8 Å². The summed E-state index contributed by atoms with van der Waals surface area (Å²) >= 11 is 0. The van der Waals surface area contributed by atoms with Crippen LogP contribution in [0.4, 0.5) is 5.69 Å². The number of aryl methyl sites for hydroxylation is 1. The highest BCUT2D eigenvalue weighted by Crippen LogP contribution is 2.15. The molecular weight excluding hydrogens is 258 g/mol. The van der Waals surface area contributed by atoms with Gasteiger partial charge in [0.1, 0.15) is 5.69 Å². The van der Waals surface area contributed by atoms with Crippen molar-refractivity contribution < 1.29 is 9.59 Å². The normalized spacial score (nSPS) is 15.8. The molecule has 2 rings (SSSR count). The number of amides is 2. The molecule has 1 fully saturated rings. The van der Waals surface area contributed by atoms with Crippen molar-refractivity contribution in [3.05, 3.63) is 11.9 Å². The Bertz CT molecular complexity index is 495. The lowest BCUT2D eigenvalue weighted by Crippen LogP contribution is -2.51. The molecule has 7 heteroatoms. The van der Waals surface area contributed by atoms with Crippen molar-refractivity contribution in [2.75, 3.05) is 31.9 Å². The van der Waals surface area contributed by atoms with Gasteiger partial charge in [0.05, 0.1) is 11.9 Å². The summed E-state index contributed by atoms with van der Waals surface area (Å²) in [5, 5.41) is 3.98. The molecule has 0 bridgehead atoms. The second-order valence-corrected chi connectivity index (χ2v) is 5.34. The van der Waals surface area contributed by atoms with Gasteiger partial charge in [-0.3, -0.25) is 14.3 Å². The van der Waals surface area contributed by atoms with Gasteiger partial charge in [-0.2, -0.15) is 5.10 Å². The Labute approximate surface area is 118 Å². The van der Waals surface area contributed by atoms with Crippen LogP contribution in [0.15, 0.2) is 6.20 Å². The van der Waals surface area contributed by atoms with Crippen molar-refractivity contribution in [1.82, 2.24) is 19.6 Å². The van der Waals surface area contributed by atoms with Crippen molar-refractivity contribution in [3.63, 3.8) is 0 Å². The molecule has 1 saturated heterocycles. The van der Waals surface area contributed by atoms with Crippen molar-refractivity contribution in [2.45, 2.75) is 13.8 Å². The van der Waals surface area contributed by atoms with E-state index in [9.17, 15) is 9.59 Å². The van der Waals surface area contributed by atoms with E-state index >= 15 is 0 Å². The molecule has 0 aromatic carbocycles. The molecule has 0 atom stereocenters. The monoisotopic (exact) mass is 279 g/mol. The van der Waals surface area contributed by atoms with E-state index in [0.717, 1.165) is 0 Å². The minimum atomic E-state index is -0.126. The fraction of sp³-hybridized carbons (Fsp3) is 0.615. The van der Waals surface area contributed by atoms with Crippen LogP contribution in [0, 0.1) is 5.92 Å². The Hall–Kier alpha value is -2.05. The van der Waals surface area contributed by atoms with Crippen LogP contribution in [0.5, 0.6) is 0 Å². The van der Waals surface area contributed by atoms with Crippen molar-refractivity contribution in [1.29, 1.82) is 0 Å². The van der Waals surface area contributed by atoms with E-state index in [4.69, 9.17) is 5.73 Å². The van der Waals surface area contributed by atoms with Crippen molar-refractivity contribution in [2.24, 2.45) is 13.0 Å². The lowest BCUT2D eigenvalue weighted by molar-refractivity contribution is -0.135. The number of nitrogen functional groups attached to an aromatic ring is 1. The number of hydrogen-bond acceptors (Lipinski definition) is 4. The van der Waals surface area contributed by atoms with E-state index in [-0.39, 0.29) is 17.7 Å². The highest BCUT2D eigenvalue weighted by atomic mass is 16.2. The fourth-order valence-corrected chi connectivity index (χ4v) is 2.36. The number of hydrogen-bond donors (Lipinski definition) is 1. The lowest BCUT2D eigenvalue weighted by Gasteiger charge is -2.35. The average molecular weight is 279 g/mol. The van der Waals surface area contributed by atoms with Crippen LogP contribution in [0.1, 0.15) is 24.3 Å². The quantitative estimate of drug-likeness (QED) is 0.822. The summed E-state index contributed by atoms with van der Waals surface area (Å²) in [5.41, 5.74) is 6.57. The first-order valence-corrected chi connectivity index (χ1v) is 6.77. The smallest absolute Gasteiger partial charge is 0.274 e. The molecule has 1 aliphatic heterocycles. The molecule has 110 valence electrons. The summed E-state index contributed by atoms with van der Waals surface area (Å²) in [4.78, 5) is 27.8. The molecule has 0 spiro atoms. The number of aromatic nitrogens is 2. The highest BCUT2D eigenvalue weighted by molar-refractivity contribution is 5.97. The van der Waals surface area contributed by atoms with Crippen molar-refractivity contribution in [3.8, 4) is 0 Å². The van der Waals surface area contributed by atoms with Gasteiger partial charge in [0, 0.05) is 39.1 Å². The predicted octanol–water partition coefficient (Wildman–Crippen LogP) is -0.0573. The van der Waals surface area contributed by atoms with Gasteiger partial charge >= 0.3 is 0 Å². The summed E-state index contributed by atoms with van der Waals surface area (Å²) in [6.45, 7) is 5.97. The minimum Gasteiger partial charge on any atom is -0.396 e. The van der Waals surface area contributed by atoms with Gasteiger partial charge in [0.2, 0.25) is 5.91 Å². The third kappa shape index (κ3) is 2.61. The highest BCUT2D eigenvalue weighted by Gasteiger charge is 2.28. The van der Waals surface area contributed by atoms with E-state index in [2.05, 4.69) is 5.10 Å². The molecule has 1 aromatic heterocycles. The maximum atomic E-state index is 12.4. The van der Waals surface area contributed by atoms with E-state index in [0.29, 0.717) is 37.6 Å². The molecule has 2 heterocycles. The maximum absolute atomic E-state index is 12.4. The molecule has 1 aromatic rings. The molecule has 0 unspecified atom stereocenters. The Morgan fingerprint density at radius 1 is 1.20 bits per heavy atom. The average Bonchev–Trinajstić information content (AvgIpc) is 2.76. The molecule has 0 radical (unpaired) electrons. The first kappa shape index (κ1) is 14.4. The number of anilines is 1. The number of nitrogens with zero attached hydrogens (tertiary/aromatic N) is 4. The summed E-state index contributed by atoms with van der Waals surface area (Å²) in [7, 11) is 1.70. The standard InChI is InChI=1S/C13H21N5O2/c1-9(2)12(19)17-4-6-18(7-5-17)13(20)11-10(14)8-15-16(11)3/h8-9H,4-7,14H2,1-3H3. The Morgan fingerprint density at radius 3 is 2.20 bits per heavy atom. The van der Waals surface area contributed by atoms with E-state index in [1.165, 1.54) is 10.9 Å². The van der Waals surface area contributed by atoms with Crippen LogP contribution >= 0.6 is 0 Å². The van der Waals surface area contributed by atoms with Gasteiger partial charge in [-0.15, -0.1) is 0 Å². The lowest BCUT2D eigenvalue weighted by atomic mass is 10.1. The topological polar surface area (TPSA) is 84.5 Å². The van der Waals surface area contributed by atoms with Crippen LogP contribution < -0.4 is 5.73 Å². The fourth-order valence-electron chi connectivity index (χ4n) is 2.36. The van der Waals surface area contributed by atoms with Gasteiger partial charge in [-0.25, -0.2) is 0 Å². The zero-order valence-corrected chi connectivity index (χ0v) is 12.2. The SMILES string of the molecule is CC(C)C(=O)N1CCN(C(=O)c2c(N)cnn2C)CC1. The number of piperazine rings is 1. The van der Waals surface area contributed by atoms with E-state index < -0.39 is 0 Å². The largest absolute Gasteiger partial charge is 0.396 e. The van der Waals surface area contributed by atoms with Crippen LogP contribution in [-0.4, -0.2) is 57.6 Å². The molecule has 2 N–H and O–H groups in total. The molecule has 2 amide bonds. The summed E-state index contributed by atoms with van der Waals surface area (Å²) < 4.78 is 1.49. The number of carbonyl (C=O) groups excluding carboxylic acids is 2. The first-order valence-electron chi connectivity index (χ1n) is 6.77. The third-order valence-electron chi connectivity index (χ3n) is 3.54. The number of rotatable bonds is 2. The molecule has 0 aliphatic carbocycles. The third-order valence-corrected chi connectivity index (χ3v) is 3.54. The summed E-state index contributed by atoms with van der Waals surface area (Å²) in [6, 6.07) is 0. The second-order valence-electron chi connectivity index (χ2n) is 5.34. The maximum Gasteiger partial charge on any atom is 0.274 e. The van der Waals surface area contributed by atoms with Crippen LogP contribution in [0.25, 0.3) is 0 Å². The Kier molecular flexibility index (Phi) is 3.96. The van der Waals surface area contributed by atoms with Crippen molar-refractivity contribution >= 4 is 17.5 Å². The minimum absolute atomic E-state index is 0.00929. The predicted molar refractivity (Wildman–Crippen MR) is 74.9 cm³/mol. The Morgan fingerprint density at radius 2 is 1.75 bits per heavy atom. The number of nitrogens with two attached hydrogens (primary N) is 1. The molecule has 1 aliphatic rings. The van der Waals surface area contributed by atoms with Crippen LogP contribution in [-0.2, 0) is 11.8 Å². The van der Waals surface area contributed by atoms with Crippen LogP contribution in [0.3, 0.4) is 0 Å². The van der Waals surface area contributed by atoms with Crippen LogP contribution in [0.2, 0.25) is 0 Å². The summed E-state index contributed by atoms with van der Waals surface area (Å²) in [5.74, 6) is 0.00117. The first-order chi connectivity index (χ1) is 9.41.